The number of carbonyl (C=O) groups is 2. The summed E-state index contributed by atoms with van der Waals surface area (Å²) in [5.41, 5.74) is 7.13. The van der Waals surface area contributed by atoms with E-state index in [4.69, 9.17) is 17.3 Å². The van der Waals surface area contributed by atoms with Crippen molar-refractivity contribution < 1.29 is 18.0 Å². The number of hydrogen-bond acceptors (Lipinski definition) is 7. The number of urea groups is 2. The standard InChI is InChI=1S/C18H15ClN4O3S.C7H9N3O/c19-14-8-17(12-21-11-14)27(25,26)16-5-3-15(4-6-16)23-18(24)22-10-13-2-1-7-20-9-13;8-7(11)10-5-6-2-1-3-9-4-6/h1-9,11-12H,10H2,(H2,22,23,24);1-4H,5H2,(H3,8,10,11). The zero-order valence-electron chi connectivity index (χ0n) is 19.9. The summed E-state index contributed by atoms with van der Waals surface area (Å²) < 4.78 is 25.1. The van der Waals surface area contributed by atoms with E-state index in [1.807, 2.05) is 12.1 Å². The van der Waals surface area contributed by atoms with Gasteiger partial charge < -0.3 is 21.7 Å². The normalized spacial score (nSPS) is 10.4. The van der Waals surface area contributed by atoms with Gasteiger partial charge in [0.2, 0.25) is 9.84 Å². The molecule has 0 saturated carbocycles. The molecule has 5 N–H and O–H groups in total. The maximum absolute atomic E-state index is 12.6. The van der Waals surface area contributed by atoms with Gasteiger partial charge in [0.05, 0.1) is 14.8 Å². The molecule has 0 radical (unpaired) electrons. The van der Waals surface area contributed by atoms with Crippen LogP contribution in [0.5, 0.6) is 0 Å². The first-order valence-electron chi connectivity index (χ1n) is 11.1. The number of anilines is 1. The van der Waals surface area contributed by atoms with Gasteiger partial charge in [0.1, 0.15) is 0 Å². The zero-order chi connectivity index (χ0) is 27.4. The van der Waals surface area contributed by atoms with Crippen LogP contribution in [0, 0.1) is 0 Å². The number of primary amides is 1. The molecule has 0 saturated heterocycles. The lowest BCUT2D eigenvalue weighted by Crippen LogP contribution is -2.28. The topological polar surface area (TPSA) is 169 Å². The van der Waals surface area contributed by atoms with E-state index >= 15 is 0 Å². The average molecular weight is 554 g/mol. The van der Waals surface area contributed by atoms with Gasteiger partial charge in [-0.3, -0.25) is 15.0 Å². The smallest absolute Gasteiger partial charge is 0.319 e. The lowest BCUT2D eigenvalue weighted by Gasteiger charge is -2.09. The molecule has 3 aromatic heterocycles. The van der Waals surface area contributed by atoms with Crippen LogP contribution in [-0.4, -0.2) is 35.4 Å². The number of nitrogens with one attached hydrogen (secondary N) is 3. The summed E-state index contributed by atoms with van der Waals surface area (Å²) in [6.45, 7) is 0.761. The maximum atomic E-state index is 12.6. The highest BCUT2D eigenvalue weighted by atomic mass is 35.5. The van der Waals surface area contributed by atoms with E-state index in [1.54, 1.807) is 36.9 Å². The number of nitrogens with zero attached hydrogens (tertiary/aromatic N) is 3. The van der Waals surface area contributed by atoms with Crippen LogP contribution in [0.15, 0.2) is 102 Å². The summed E-state index contributed by atoms with van der Waals surface area (Å²) in [4.78, 5) is 33.9. The summed E-state index contributed by atoms with van der Waals surface area (Å²) in [7, 11) is -3.74. The Morgan fingerprint density at radius 2 is 1.39 bits per heavy atom. The predicted molar refractivity (Wildman–Crippen MR) is 142 cm³/mol. The minimum Gasteiger partial charge on any atom is -0.352 e. The summed E-state index contributed by atoms with van der Waals surface area (Å²) >= 11 is 5.81. The fourth-order valence-corrected chi connectivity index (χ4v) is 4.43. The predicted octanol–water partition coefficient (Wildman–Crippen LogP) is 3.53. The first-order chi connectivity index (χ1) is 18.2. The quantitative estimate of drug-likeness (QED) is 0.271. The first kappa shape index (κ1) is 28.0. The molecule has 1 aromatic carbocycles. The Hall–Kier alpha value is -4.55. The summed E-state index contributed by atoms with van der Waals surface area (Å²) in [6.07, 6.45) is 9.25. The van der Waals surface area contributed by atoms with Gasteiger partial charge in [-0.25, -0.2) is 18.0 Å². The summed E-state index contributed by atoms with van der Waals surface area (Å²) in [5.74, 6) is 0. The van der Waals surface area contributed by atoms with Gasteiger partial charge in [-0.05, 0) is 53.6 Å². The Bertz CT molecular complexity index is 1460. The lowest BCUT2D eigenvalue weighted by molar-refractivity contribution is 0.248. The number of sulfone groups is 1. The van der Waals surface area contributed by atoms with Crippen LogP contribution >= 0.6 is 11.6 Å². The SMILES string of the molecule is NC(=O)NCc1cccnc1.O=C(NCc1cccnc1)Nc1ccc(S(=O)(=O)c2cncc(Cl)c2)cc1. The largest absolute Gasteiger partial charge is 0.352 e. The second kappa shape index (κ2) is 13.7. The molecule has 0 bridgehead atoms. The number of nitrogens with two attached hydrogens (primary N) is 1. The van der Waals surface area contributed by atoms with Crippen molar-refractivity contribution >= 4 is 39.2 Å². The van der Waals surface area contributed by atoms with Gasteiger partial charge in [-0.2, -0.15) is 0 Å². The number of carbonyl (C=O) groups excluding carboxylic acids is 2. The van der Waals surface area contributed by atoms with Crippen molar-refractivity contribution in [1.82, 2.24) is 25.6 Å². The molecule has 3 heterocycles. The Balaban J connectivity index is 0.000000304. The molecule has 0 unspecified atom stereocenters. The van der Waals surface area contributed by atoms with E-state index in [-0.39, 0.29) is 14.8 Å². The van der Waals surface area contributed by atoms with Gasteiger partial charge in [-0.1, -0.05) is 23.7 Å². The number of rotatable bonds is 7. The fourth-order valence-electron chi connectivity index (χ4n) is 2.95. The average Bonchev–Trinajstić information content (AvgIpc) is 2.93. The Labute approximate surface area is 224 Å². The van der Waals surface area contributed by atoms with Crippen LogP contribution in [0.1, 0.15) is 11.1 Å². The molecule has 4 amide bonds. The molecular weight excluding hydrogens is 530 g/mol. The van der Waals surface area contributed by atoms with Gasteiger partial charge >= 0.3 is 12.1 Å². The van der Waals surface area contributed by atoms with Crippen molar-refractivity contribution in [3.05, 3.63) is 108 Å². The number of aromatic nitrogens is 3. The van der Waals surface area contributed by atoms with Crippen LogP contribution in [-0.2, 0) is 22.9 Å². The van der Waals surface area contributed by atoms with Gasteiger partial charge in [0, 0.05) is 56.0 Å². The molecular formula is C25H24ClN7O4S. The molecule has 0 spiro atoms. The third-order valence-corrected chi connectivity index (χ3v) is 6.72. The molecule has 0 fully saturated rings. The highest BCUT2D eigenvalue weighted by molar-refractivity contribution is 7.91. The van der Waals surface area contributed by atoms with Crippen molar-refractivity contribution in [2.75, 3.05) is 5.32 Å². The Kier molecular flexibility index (Phi) is 10.1. The molecule has 0 atom stereocenters. The van der Waals surface area contributed by atoms with E-state index in [0.29, 0.717) is 18.8 Å². The van der Waals surface area contributed by atoms with E-state index in [2.05, 4.69) is 30.9 Å². The van der Waals surface area contributed by atoms with Crippen molar-refractivity contribution in [3.63, 3.8) is 0 Å². The zero-order valence-corrected chi connectivity index (χ0v) is 21.5. The van der Waals surface area contributed by atoms with Gasteiger partial charge in [0.15, 0.2) is 0 Å². The summed E-state index contributed by atoms with van der Waals surface area (Å²) in [6, 6.07) is 13.5. The van der Waals surface area contributed by atoms with Crippen molar-refractivity contribution in [2.45, 2.75) is 22.9 Å². The van der Waals surface area contributed by atoms with E-state index in [1.165, 1.54) is 42.7 Å². The number of amides is 4. The molecule has 13 heteroatoms. The van der Waals surface area contributed by atoms with Crippen LogP contribution < -0.4 is 21.7 Å². The third-order valence-electron chi connectivity index (χ3n) is 4.78. The molecule has 4 aromatic rings. The minimum atomic E-state index is -3.74. The van der Waals surface area contributed by atoms with Crippen molar-refractivity contribution in [3.8, 4) is 0 Å². The van der Waals surface area contributed by atoms with Crippen molar-refractivity contribution in [2.24, 2.45) is 5.73 Å². The van der Waals surface area contributed by atoms with Gasteiger partial charge in [-0.15, -0.1) is 0 Å². The lowest BCUT2D eigenvalue weighted by atomic mass is 10.3. The maximum Gasteiger partial charge on any atom is 0.319 e. The fraction of sp³-hybridized carbons (Fsp3) is 0.0800. The van der Waals surface area contributed by atoms with Crippen LogP contribution in [0.2, 0.25) is 5.02 Å². The van der Waals surface area contributed by atoms with Crippen LogP contribution in [0.25, 0.3) is 0 Å². The molecule has 0 aliphatic carbocycles. The van der Waals surface area contributed by atoms with E-state index in [9.17, 15) is 18.0 Å². The Morgan fingerprint density at radius 1 is 0.789 bits per heavy atom. The molecule has 196 valence electrons. The highest BCUT2D eigenvalue weighted by Gasteiger charge is 2.18. The molecule has 11 nitrogen and oxygen atoms in total. The monoisotopic (exact) mass is 553 g/mol. The number of pyridine rings is 3. The van der Waals surface area contributed by atoms with Crippen molar-refractivity contribution in [1.29, 1.82) is 0 Å². The van der Waals surface area contributed by atoms with E-state index < -0.39 is 21.9 Å². The number of halogens is 1. The molecule has 4 rings (SSSR count). The van der Waals surface area contributed by atoms with Crippen LogP contribution in [0.4, 0.5) is 15.3 Å². The number of benzene rings is 1. The molecule has 0 aliphatic rings. The number of hydrogen-bond donors (Lipinski definition) is 4. The summed E-state index contributed by atoms with van der Waals surface area (Å²) in [5, 5.41) is 8.03. The molecule has 38 heavy (non-hydrogen) atoms. The first-order valence-corrected chi connectivity index (χ1v) is 12.9. The highest BCUT2D eigenvalue weighted by Crippen LogP contribution is 2.23. The second-order valence-corrected chi connectivity index (χ2v) is 10.0. The van der Waals surface area contributed by atoms with Crippen LogP contribution in [0.3, 0.4) is 0 Å². The Morgan fingerprint density at radius 3 is 1.92 bits per heavy atom. The molecule has 0 aliphatic heterocycles. The minimum absolute atomic E-state index is 0.00456. The second-order valence-electron chi connectivity index (χ2n) is 7.61. The van der Waals surface area contributed by atoms with E-state index in [0.717, 1.165) is 11.1 Å². The van der Waals surface area contributed by atoms with Gasteiger partial charge in [0.25, 0.3) is 0 Å². The third kappa shape index (κ3) is 8.84.